The fourth-order valence-electron chi connectivity index (χ4n) is 3.72. The summed E-state index contributed by atoms with van der Waals surface area (Å²) in [5, 5.41) is 4.91. The quantitative estimate of drug-likeness (QED) is 0.529. The number of amides is 1. The number of fused-ring (bicyclic) bond motifs is 1. The number of nitrogens with zero attached hydrogens (tertiary/aromatic N) is 4. The first-order chi connectivity index (χ1) is 14.6. The molecule has 6 nitrogen and oxygen atoms in total. The molecule has 3 aromatic rings. The van der Waals surface area contributed by atoms with E-state index < -0.39 is 0 Å². The van der Waals surface area contributed by atoms with Crippen LogP contribution in [0.2, 0.25) is 0 Å². The molecule has 0 saturated carbocycles. The first kappa shape index (κ1) is 21.8. The van der Waals surface area contributed by atoms with Crippen molar-refractivity contribution in [1.29, 1.82) is 0 Å². The Kier molecular flexibility index (Phi) is 7.08. The lowest BCUT2D eigenvalue weighted by atomic mass is 10.0. The van der Waals surface area contributed by atoms with E-state index in [1.165, 1.54) is 0 Å². The van der Waals surface area contributed by atoms with Crippen molar-refractivity contribution in [3.63, 3.8) is 0 Å². The van der Waals surface area contributed by atoms with E-state index in [1.807, 2.05) is 54.5 Å². The standard InChI is InChI=1S/C24H32N4O2/c1-6-18-15-19(7-2)28-24(25-18)21(16-22(29)27(8-3)9-4)23(26-28)17-11-13-20(14-12-17)30-10-5/h11-15H,6-10,16H2,1-5H3. The number of benzene rings is 1. The highest BCUT2D eigenvalue weighted by atomic mass is 16.5. The van der Waals surface area contributed by atoms with Crippen LogP contribution in [0.5, 0.6) is 5.75 Å². The highest BCUT2D eigenvalue weighted by Gasteiger charge is 2.22. The van der Waals surface area contributed by atoms with Crippen LogP contribution in [0.15, 0.2) is 30.3 Å². The molecule has 2 aromatic heterocycles. The summed E-state index contributed by atoms with van der Waals surface area (Å²) in [6, 6.07) is 10.0. The van der Waals surface area contributed by atoms with Crippen LogP contribution in [0.4, 0.5) is 0 Å². The lowest BCUT2D eigenvalue weighted by molar-refractivity contribution is -0.130. The zero-order valence-corrected chi connectivity index (χ0v) is 18.7. The second kappa shape index (κ2) is 9.74. The van der Waals surface area contributed by atoms with Gasteiger partial charge in [-0.2, -0.15) is 5.10 Å². The summed E-state index contributed by atoms with van der Waals surface area (Å²) in [6.45, 7) is 12.2. The molecule has 160 valence electrons. The Balaban J connectivity index is 2.17. The van der Waals surface area contributed by atoms with Crippen LogP contribution in [0.3, 0.4) is 0 Å². The normalized spacial score (nSPS) is 11.1. The van der Waals surface area contributed by atoms with Crippen molar-refractivity contribution in [1.82, 2.24) is 19.5 Å². The van der Waals surface area contributed by atoms with Gasteiger partial charge in [0.1, 0.15) is 5.75 Å². The lowest BCUT2D eigenvalue weighted by Gasteiger charge is -2.18. The Morgan fingerprint density at radius 3 is 2.30 bits per heavy atom. The van der Waals surface area contributed by atoms with Gasteiger partial charge in [0, 0.05) is 35.6 Å². The maximum Gasteiger partial charge on any atom is 0.227 e. The molecule has 0 saturated heterocycles. The number of aryl methyl sites for hydroxylation is 2. The predicted molar refractivity (Wildman–Crippen MR) is 120 cm³/mol. The van der Waals surface area contributed by atoms with Crippen molar-refractivity contribution in [2.45, 2.75) is 53.9 Å². The van der Waals surface area contributed by atoms with Gasteiger partial charge in [0.25, 0.3) is 0 Å². The number of hydrogen-bond acceptors (Lipinski definition) is 4. The first-order valence-corrected chi connectivity index (χ1v) is 11.0. The van der Waals surface area contributed by atoms with Crippen molar-refractivity contribution in [2.75, 3.05) is 19.7 Å². The molecule has 3 rings (SSSR count). The second-order valence-corrected chi connectivity index (χ2v) is 7.21. The number of ether oxygens (including phenoxy) is 1. The van der Waals surface area contributed by atoms with E-state index in [-0.39, 0.29) is 12.3 Å². The van der Waals surface area contributed by atoms with Gasteiger partial charge in [0.2, 0.25) is 5.91 Å². The van der Waals surface area contributed by atoms with Gasteiger partial charge in [-0.3, -0.25) is 4.79 Å². The Morgan fingerprint density at radius 2 is 1.73 bits per heavy atom. The Labute approximate surface area is 178 Å². The van der Waals surface area contributed by atoms with Gasteiger partial charge < -0.3 is 9.64 Å². The van der Waals surface area contributed by atoms with Crippen LogP contribution < -0.4 is 4.74 Å². The summed E-state index contributed by atoms with van der Waals surface area (Å²) < 4.78 is 7.49. The van der Waals surface area contributed by atoms with E-state index in [4.69, 9.17) is 14.8 Å². The minimum atomic E-state index is 0.101. The van der Waals surface area contributed by atoms with E-state index in [0.29, 0.717) is 19.7 Å². The lowest BCUT2D eigenvalue weighted by Crippen LogP contribution is -2.31. The van der Waals surface area contributed by atoms with Gasteiger partial charge in [-0.05, 0) is 63.9 Å². The average molecular weight is 409 g/mol. The third-order valence-electron chi connectivity index (χ3n) is 5.42. The number of aromatic nitrogens is 3. The zero-order valence-electron chi connectivity index (χ0n) is 18.7. The largest absolute Gasteiger partial charge is 0.494 e. The molecule has 0 radical (unpaired) electrons. The molecule has 6 heteroatoms. The molecule has 0 fully saturated rings. The van der Waals surface area contributed by atoms with Crippen LogP contribution in [0.1, 0.15) is 51.6 Å². The SMILES string of the molecule is CCOc1ccc(-c2nn3c(CC)cc(CC)nc3c2CC(=O)N(CC)CC)cc1. The summed E-state index contributed by atoms with van der Waals surface area (Å²) in [6.07, 6.45) is 1.98. The van der Waals surface area contributed by atoms with E-state index in [9.17, 15) is 4.79 Å². The van der Waals surface area contributed by atoms with Gasteiger partial charge in [0.05, 0.1) is 18.7 Å². The van der Waals surface area contributed by atoms with Gasteiger partial charge >= 0.3 is 0 Å². The molecule has 0 unspecified atom stereocenters. The molecule has 1 amide bonds. The average Bonchev–Trinajstić information content (AvgIpc) is 3.13. The molecular weight excluding hydrogens is 376 g/mol. The van der Waals surface area contributed by atoms with E-state index in [0.717, 1.165) is 52.4 Å². The van der Waals surface area contributed by atoms with Gasteiger partial charge in [0.15, 0.2) is 5.65 Å². The molecule has 2 heterocycles. The van der Waals surface area contributed by atoms with Crippen LogP contribution in [-0.4, -0.2) is 45.1 Å². The van der Waals surface area contributed by atoms with Crippen molar-refractivity contribution >= 4 is 11.6 Å². The van der Waals surface area contributed by atoms with Crippen LogP contribution in [0, 0.1) is 0 Å². The minimum absolute atomic E-state index is 0.101. The third-order valence-corrected chi connectivity index (χ3v) is 5.42. The minimum Gasteiger partial charge on any atom is -0.494 e. The summed E-state index contributed by atoms with van der Waals surface area (Å²) in [5.74, 6) is 0.926. The number of likely N-dealkylation sites (N-methyl/N-ethyl adjacent to an activating group) is 1. The summed E-state index contributed by atoms with van der Waals surface area (Å²) in [4.78, 5) is 19.7. The number of carbonyl (C=O) groups is 1. The third kappa shape index (κ3) is 4.32. The molecule has 0 atom stereocenters. The van der Waals surface area contributed by atoms with Gasteiger partial charge in [-0.1, -0.05) is 13.8 Å². The first-order valence-electron chi connectivity index (χ1n) is 11.0. The van der Waals surface area contributed by atoms with Crippen LogP contribution in [0.25, 0.3) is 16.9 Å². The van der Waals surface area contributed by atoms with Crippen LogP contribution >= 0.6 is 0 Å². The fourth-order valence-corrected chi connectivity index (χ4v) is 3.72. The Hall–Kier alpha value is -2.89. The van der Waals surface area contributed by atoms with E-state index >= 15 is 0 Å². The molecule has 0 N–H and O–H groups in total. The number of carbonyl (C=O) groups excluding carboxylic acids is 1. The summed E-state index contributed by atoms with van der Waals surface area (Å²) >= 11 is 0. The highest BCUT2D eigenvalue weighted by Crippen LogP contribution is 2.29. The number of rotatable bonds is 9. The summed E-state index contributed by atoms with van der Waals surface area (Å²) in [7, 11) is 0. The highest BCUT2D eigenvalue weighted by molar-refractivity contribution is 5.84. The Morgan fingerprint density at radius 1 is 1.03 bits per heavy atom. The second-order valence-electron chi connectivity index (χ2n) is 7.21. The number of hydrogen-bond donors (Lipinski definition) is 0. The van der Waals surface area contributed by atoms with Crippen LogP contribution in [-0.2, 0) is 24.1 Å². The molecule has 0 bridgehead atoms. The summed E-state index contributed by atoms with van der Waals surface area (Å²) in [5.41, 5.74) is 5.58. The molecule has 0 spiro atoms. The smallest absolute Gasteiger partial charge is 0.227 e. The molecule has 30 heavy (non-hydrogen) atoms. The molecular formula is C24H32N4O2. The van der Waals surface area contributed by atoms with Crippen molar-refractivity contribution < 1.29 is 9.53 Å². The topological polar surface area (TPSA) is 59.7 Å². The predicted octanol–water partition coefficient (Wildman–Crippen LogP) is 4.33. The van der Waals surface area contributed by atoms with Crippen molar-refractivity contribution in [3.8, 4) is 17.0 Å². The molecule has 0 aliphatic rings. The molecule has 0 aliphatic carbocycles. The van der Waals surface area contributed by atoms with E-state index in [2.05, 4.69) is 19.9 Å². The zero-order chi connectivity index (χ0) is 21.7. The molecule has 0 aliphatic heterocycles. The van der Waals surface area contributed by atoms with Crippen molar-refractivity contribution in [3.05, 3.63) is 47.3 Å². The van der Waals surface area contributed by atoms with Gasteiger partial charge in [-0.15, -0.1) is 0 Å². The van der Waals surface area contributed by atoms with E-state index in [1.54, 1.807) is 0 Å². The maximum atomic E-state index is 13.0. The molecule has 1 aromatic carbocycles. The van der Waals surface area contributed by atoms with Gasteiger partial charge in [-0.25, -0.2) is 9.50 Å². The Bertz CT molecular complexity index is 1000. The monoisotopic (exact) mass is 408 g/mol. The van der Waals surface area contributed by atoms with Crippen molar-refractivity contribution in [2.24, 2.45) is 0 Å². The fraction of sp³-hybridized carbons (Fsp3) is 0.458. The maximum absolute atomic E-state index is 13.0.